The van der Waals surface area contributed by atoms with Crippen molar-refractivity contribution >= 4 is 17.0 Å². The van der Waals surface area contributed by atoms with Crippen LogP contribution < -0.4 is 15.8 Å². The fourth-order valence-corrected chi connectivity index (χ4v) is 3.17. The minimum absolute atomic E-state index is 0.973. The van der Waals surface area contributed by atoms with E-state index in [0.717, 1.165) is 12.5 Å². The molecule has 96 valence electrons. The van der Waals surface area contributed by atoms with E-state index in [0.29, 0.717) is 0 Å². The molecule has 2 aliphatic heterocycles. The molecule has 1 aromatic rings. The minimum atomic E-state index is 0.973. The molecule has 3 heterocycles. The van der Waals surface area contributed by atoms with E-state index in [1.807, 2.05) is 7.05 Å². The van der Waals surface area contributed by atoms with Gasteiger partial charge < -0.3 is 10.3 Å². The van der Waals surface area contributed by atoms with E-state index >= 15 is 0 Å². The number of fused-ring (bicyclic) bond motifs is 1. The first-order valence-electron chi connectivity index (χ1n) is 6.52. The smallest absolute Gasteiger partial charge is 0.0659 e. The maximum atomic E-state index is 3.32. The van der Waals surface area contributed by atoms with E-state index in [1.54, 1.807) is 11.3 Å². The molecule has 0 unspecified atom stereocenters. The zero-order valence-electron chi connectivity index (χ0n) is 10.8. The molecule has 1 saturated heterocycles. The van der Waals surface area contributed by atoms with Crippen molar-refractivity contribution in [2.24, 2.45) is 5.92 Å². The topological polar surface area (TPSA) is 27.3 Å². The summed E-state index contributed by atoms with van der Waals surface area (Å²) in [6, 6.07) is 0. The summed E-state index contributed by atoms with van der Waals surface area (Å²) in [5, 5.41) is 9.92. The number of hydrogen-bond acceptors (Lipinski definition) is 4. The van der Waals surface area contributed by atoms with Gasteiger partial charge in [0.1, 0.15) is 0 Å². The Kier molecular flexibility index (Phi) is 4.83. The van der Waals surface area contributed by atoms with Crippen molar-refractivity contribution in [1.29, 1.82) is 0 Å². The summed E-state index contributed by atoms with van der Waals surface area (Å²) in [4.78, 5) is 0. The Bertz CT molecular complexity index is 331. The Morgan fingerprint density at radius 3 is 2.71 bits per heavy atom. The van der Waals surface area contributed by atoms with Gasteiger partial charge in [-0.1, -0.05) is 6.92 Å². The van der Waals surface area contributed by atoms with E-state index < -0.39 is 0 Å². The van der Waals surface area contributed by atoms with E-state index in [1.165, 1.54) is 43.6 Å². The van der Waals surface area contributed by atoms with Crippen LogP contribution in [0.2, 0.25) is 0 Å². The second-order valence-corrected chi connectivity index (χ2v) is 5.58. The summed E-state index contributed by atoms with van der Waals surface area (Å²) >= 11 is 1.78. The van der Waals surface area contributed by atoms with Gasteiger partial charge >= 0.3 is 0 Å². The summed E-state index contributed by atoms with van der Waals surface area (Å²) in [6.45, 7) is 5.91. The predicted octanol–water partition coefficient (Wildman–Crippen LogP) is 2.25. The molecule has 2 aliphatic rings. The standard InChI is InChI=1S/C7H10N2S.C6H13N/c1-8-9-3-2-6-4-10-5-7(6)9;1-6-2-4-7-5-3-6/h4-5,8H,2-3H2,1H3;6-7H,2-5H2,1H3. The Balaban J connectivity index is 0.000000136. The van der Waals surface area contributed by atoms with Crippen molar-refractivity contribution in [1.82, 2.24) is 10.7 Å². The average molecular weight is 253 g/mol. The first kappa shape index (κ1) is 12.9. The third kappa shape index (κ3) is 3.44. The average Bonchev–Trinajstić information content (AvgIpc) is 2.92. The van der Waals surface area contributed by atoms with Gasteiger partial charge in [-0.15, -0.1) is 11.3 Å². The zero-order chi connectivity index (χ0) is 12.1. The van der Waals surface area contributed by atoms with Crippen LogP contribution in [-0.4, -0.2) is 26.7 Å². The summed E-state index contributed by atoms with van der Waals surface area (Å²) in [5.41, 5.74) is 6.00. The molecule has 4 heteroatoms. The van der Waals surface area contributed by atoms with Crippen LogP contribution >= 0.6 is 11.3 Å². The number of thiophene rings is 1. The van der Waals surface area contributed by atoms with Crippen molar-refractivity contribution in [2.75, 3.05) is 31.7 Å². The number of nitrogens with zero attached hydrogens (tertiary/aromatic N) is 1. The molecule has 17 heavy (non-hydrogen) atoms. The fourth-order valence-electron chi connectivity index (χ4n) is 2.29. The van der Waals surface area contributed by atoms with Crippen molar-refractivity contribution in [2.45, 2.75) is 26.2 Å². The van der Waals surface area contributed by atoms with Gasteiger partial charge in [-0.25, -0.2) is 5.43 Å². The molecule has 0 bridgehead atoms. The lowest BCUT2D eigenvalue weighted by atomic mass is 10.0. The normalized spacial score (nSPS) is 19.8. The van der Waals surface area contributed by atoms with Gasteiger partial charge in [-0.3, -0.25) is 0 Å². The van der Waals surface area contributed by atoms with Crippen LogP contribution in [0.5, 0.6) is 0 Å². The van der Waals surface area contributed by atoms with Crippen LogP contribution in [0.4, 0.5) is 5.69 Å². The molecule has 0 aromatic carbocycles. The molecule has 0 saturated carbocycles. The fraction of sp³-hybridized carbons (Fsp3) is 0.692. The monoisotopic (exact) mass is 253 g/mol. The highest BCUT2D eigenvalue weighted by Crippen LogP contribution is 2.29. The maximum Gasteiger partial charge on any atom is 0.0659 e. The molecule has 0 aliphatic carbocycles. The summed E-state index contributed by atoms with van der Waals surface area (Å²) in [7, 11) is 1.97. The highest BCUT2D eigenvalue weighted by atomic mass is 32.1. The van der Waals surface area contributed by atoms with Crippen molar-refractivity contribution in [3.05, 3.63) is 16.3 Å². The van der Waals surface area contributed by atoms with Gasteiger partial charge in [-0.05, 0) is 49.2 Å². The van der Waals surface area contributed by atoms with Gasteiger partial charge in [-0.2, -0.15) is 0 Å². The molecule has 0 amide bonds. The van der Waals surface area contributed by atoms with Crippen LogP contribution in [0.25, 0.3) is 0 Å². The van der Waals surface area contributed by atoms with Crippen LogP contribution in [0.15, 0.2) is 10.8 Å². The molecule has 1 fully saturated rings. The Morgan fingerprint density at radius 1 is 1.35 bits per heavy atom. The number of hydrazine groups is 1. The summed E-state index contributed by atoms with van der Waals surface area (Å²) in [5.74, 6) is 0.973. The molecule has 3 rings (SSSR count). The quantitative estimate of drug-likeness (QED) is 0.804. The Morgan fingerprint density at radius 2 is 2.12 bits per heavy atom. The van der Waals surface area contributed by atoms with Crippen LogP contribution in [-0.2, 0) is 6.42 Å². The molecule has 0 radical (unpaired) electrons. The predicted molar refractivity (Wildman–Crippen MR) is 75.7 cm³/mol. The first-order valence-corrected chi connectivity index (χ1v) is 7.46. The molecule has 3 nitrogen and oxygen atoms in total. The molecule has 0 atom stereocenters. The third-order valence-corrected chi connectivity index (χ3v) is 4.29. The number of hydrogen-bond donors (Lipinski definition) is 2. The van der Waals surface area contributed by atoms with E-state index in [-0.39, 0.29) is 0 Å². The van der Waals surface area contributed by atoms with Crippen LogP contribution in [0.1, 0.15) is 25.3 Å². The Hall–Kier alpha value is -0.580. The van der Waals surface area contributed by atoms with Crippen LogP contribution in [0, 0.1) is 5.92 Å². The number of rotatable bonds is 1. The largest absolute Gasteiger partial charge is 0.317 e. The van der Waals surface area contributed by atoms with Gasteiger partial charge in [0.05, 0.1) is 5.69 Å². The van der Waals surface area contributed by atoms with Crippen molar-refractivity contribution in [3.8, 4) is 0 Å². The van der Waals surface area contributed by atoms with Gasteiger partial charge in [0, 0.05) is 19.0 Å². The third-order valence-electron chi connectivity index (χ3n) is 3.51. The van der Waals surface area contributed by atoms with E-state index in [4.69, 9.17) is 0 Å². The molecular formula is C13H23N3S. The van der Waals surface area contributed by atoms with Crippen molar-refractivity contribution in [3.63, 3.8) is 0 Å². The zero-order valence-corrected chi connectivity index (χ0v) is 11.6. The lowest BCUT2D eigenvalue weighted by molar-refractivity contribution is 0.402. The SMILES string of the molecule is CC1CCNCC1.CNN1CCc2cscc21. The van der Waals surface area contributed by atoms with E-state index in [9.17, 15) is 0 Å². The summed E-state index contributed by atoms with van der Waals surface area (Å²) < 4.78 is 0. The number of nitrogens with one attached hydrogen (secondary N) is 2. The molecule has 2 N–H and O–H groups in total. The highest BCUT2D eigenvalue weighted by molar-refractivity contribution is 7.08. The number of piperidine rings is 1. The second-order valence-electron chi connectivity index (χ2n) is 4.84. The van der Waals surface area contributed by atoms with Gasteiger partial charge in [0.15, 0.2) is 0 Å². The van der Waals surface area contributed by atoms with Gasteiger partial charge in [0.25, 0.3) is 0 Å². The van der Waals surface area contributed by atoms with Gasteiger partial charge in [0.2, 0.25) is 0 Å². The highest BCUT2D eigenvalue weighted by Gasteiger charge is 2.17. The molecule has 1 aromatic heterocycles. The molecule has 0 spiro atoms. The lowest BCUT2D eigenvalue weighted by Gasteiger charge is -2.17. The molecular weight excluding hydrogens is 230 g/mol. The first-order chi connectivity index (χ1) is 8.31. The van der Waals surface area contributed by atoms with Crippen LogP contribution in [0.3, 0.4) is 0 Å². The lowest BCUT2D eigenvalue weighted by Crippen LogP contribution is -2.32. The Labute approximate surface area is 108 Å². The minimum Gasteiger partial charge on any atom is -0.317 e. The summed E-state index contributed by atoms with van der Waals surface area (Å²) in [6.07, 6.45) is 3.94. The van der Waals surface area contributed by atoms with Crippen molar-refractivity contribution < 1.29 is 0 Å². The van der Waals surface area contributed by atoms with E-state index in [2.05, 4.69) is 33.4 Å². The maximum absolute atomic E-state index is 3.32. The second kappa shape index (κ2) is 6.38. The number of anilines is 1.